The third kappa shape index (κ3) is 10.6. The van der Waals surface area contributed by atoms with Crippen LogP contribution in [0.15, 0.2) is 42.5 Å². The number of ether oxygens (including phenoxy) is 3. The fraction of sp³-hybridized carbons (Fsp3) is 0.515. The van der Waals surface area contributed by atoms with E-state index in [-0.39, 0.29) is 17.3 Å². The van der Waals surface area contributed by atoms with E-state index in [1.54, 1.807) is 6.07 Å². The fourth-order valence-corrected chi connectivity index (χ4v) is 5.29. The van der Waals surface area contributed by atoms with Crippen LogP contribution in [0.25, 0.3) is 0 Å². The summed E-state index contributed by atoms with van der Waals surface area (Å²) in [5.74, 6) is 1.87. The smallest absolute Gasteiger partial charge is 0.323 e. The van der Waals surface area contributed by atoms with Crippen molar-refractivity contribution < 1.29 is 23.5 Å². The first-order valence-corrected chi connectivity index (χ1v) is 15.5. The van der Waals surface area contributed by atoms with E-state index in [0.717, 1.165) is 48.0 Å². The second-order valence-corrected chi connectivity index (χ2v) is 12.9. The molecule has 2 aliphatic rings. The molecule has 5 rings (SSSR count). The Hall–Kier alpha value is -4.12. The molecule has 1 amide bonds. The van der Waals surface area contributed by atoms with Gasteiger partial charge in [-0.1, -0.05) is 26.0 Å². The molecule has 0 unspecified atom stereocenters. The fourth-order valence-electron chi connectivity index (χ4n) is 5.29. The molecule has 2 aliphatic heterocycles. The Balaban J connectivity index is 1.57. The van der Waals surface area contributed by atoms with Gasteiger partial charge in [0.1, 0.15) is 11.5 Å². The van der Waals surface area contributed by atoms with Crippen LogP contribution in [0.5, 0.6) is 17.5 Å². The van der Waals surface area contributed by atoms with Gasteiger partial charge in [-0.3, -0.25) is 4.79 Å². The number of anilines is 3. The summed E-state index contributed by atoms with van der Waals surface area (Å²) in [7, 11) is 6.47. The second kappa shape index (κ2) is 15.1. The maximum Gasteiger partial charge on any atom is 0.323 e. The average Bonchev–Trinajstić information content (AvgIpc) is 2.95. The molecule has 2 aromatic carbocycles. The molecule has 11 nitrogen and oxygen atoms in total. The van der Waals surface area contributed by atoms with Crippen molar-refractivity contribution in [2.75, 3.05) is 64.7 Å². The third-order valence-corrected chi connectivity index (χ3v) is 6.94. The van der Waals surface area contributed by atoms with Crippen LogP contribution >= 0.6 is 0 Å². The highest BCUT2D eigenvalue weighted by Gasteiger charge is 2.27. The Morgan fingerprint density at radius 3 is 2.36 bits per heavy atom. The van der Waals surface area contributed by atoms with Gasteiger partial charge in [0.15, 0.2) is 0 Å². The van der Waals surface area contributed by atoms with Crippen molar-refractivity contribution in [1.29, 1.82) is 0 Å². The van der Waals surface area contributed by atoms with Gasteiger partial charge in [-0.25, -0.2) is 0 Å². The monoisotopic (exact) mass is 606 g/mol. The Bertz CT molecular complexity index is 1370. The molecule has 6 bridgehead atoms. The van der Waals surface area contributed by atoms with Gasteiger partial charge in [0.2, 0.25) is 11.9 Å². The summed E-state index contributed by atoms with van der Waals surface area (Å²) in [6, 6.07) is 13.6. The Labute approximate surface area is 261 Å². The van der Waals surface area contributed by atoms with Gasteiger partial charge in [0.25, 0.3) is 5.91 Å². The van der Waals surface area contributed by atoms with Gasteiger partial charge in [-0.15, -0.1) is 0 Å². The Morgan fingerprint density at radius 2 is 1.66 bits per heavy atom. The number of rotatable bonds is 7. The number of carbonyl (C=O) groups is 1. The number of nitrogens with zero attached hydrogens (tertiary/aromatic N) is 4. The first kappa shape index (κ1) is 32.8. The minimum Gasteiger partial charge on any atom is -0.494 e. The molecule has 0 radical (unpaired) electrons. The number of fused-ring (bicyclic) bond motifs is 10. The van der Waals surface area contributed by atoms with E-state index in [4.69, 9.17) is 14.2 Å². The van der Waals surface area contributed by atoms with Crippen LogP contribution in [-0.4, -0.2) is 79.4 Å². The normalized spacial score (nSPS) is 14.6. The predicted octanol–water partition coefficient (Wildman–Crippen LogP) is 5.42. The summed E-state index contributed by atoms with van der Waals surface area (Å²) in [5, 5.41) is 9.64. The molecule has 3 aromatic rings. The van der Waals surface area contributed by atoms with E-state index in [1.165, 1.54) is 0 Å². The minimum atomic E-state index is -0.166. The lowest BCUT2D eigenvalue weighted by Crippen LogP contribution is -2.47. The maximum absolute atomic E-state index is 13.4. The maximum atomic E-state index is 13.4. The van der Waals surface area contributed by atoms with E-state index in [1.807, 2.05) is 43.3 Å². The number of aromatic nitrogens is 3. The topological polar surface area (TPSA) is 120 Å². The van der Waals surface area contributed by atoms with Crippen molar-refractivity contribution in [1.82, 2.24) is 20.3 Å². The van der Waals surface area contributed by atoms with Crippen LogP contribution in [0.1, 0.15) is 62.4 Å². The Morgan fingerprint density at radius 1 is 0.955 bits per heavy atom. The van der Waals surface area contributed by atoms with Gasteiger partial charge in [-0.05, 0) is 62.4 Å². The molecule has 0 aliphatic carbocycles. The van der Waals surface area contributed by atoms with Gasteiger partial charge in [0.05, 0.1) is 53.1 Å². The lowest BCUT2D eigenvalue weighted by Gasteiger charge is -2.34. The van der Waals surface area contributed by atoms with E-state index in [2.05, 4.69) is 65.9 Å². The highest BCUT2D eigenvalue weighted by Crippen LogP contribution is 2.27. The predicted molar refractivity (Wildman–Crippen MR) is 173 cm³/mol. The molecule has 0 atom stereocenters. The van der Waals surface area contributed by atoms with Crippen molar-refractivity contribution in [2.45, 2.75) is 53.0 Å². The third-order valence-electron chi connectivity index (χ3n) is 6.94. The lowest BCUT2D eigenvalue weighted by molar-refractivity contribution is -0.876. The van der Waals surface area contributed by atoms with Crippen molar-refractivity contribution in [3.8, 4) is 17.5 Å². The molecule has 11 heteroatoms. The molecular weight excluding hydrogens is 558 g/mol. The first-order valence-electron chi connectivity index (χ1n) is 15.5. The van der Waals surface area contributed by atoms with Crippen LogP contribution in [0.2, 0.25) is 0 Å². The van der Waals surface area contributed by atoms with Crippen molar-refractivity contribution in [3.05, 3.63) is 53.6 Å². The number of quaternary nitrogens is 1. The molecule has 0 fully saturated rings. The van der Waals surface area contributed by atoms with E-state index in [9.17, 15) is 4.79 Å². The summed E-state index contributed by atoms with van der Waals surface area (Å²) in [5.41, 5.74) is 2.15. The molecule has 44 heavy (non-hydrogen) atoms. The summed E-state index contributed by atoms with van der Waals surface area (Å²) in [4.78, 5) is 26.8. The molecule has 0 saturated carbocycles. The van der Waals surface area contributed by atoms with Crippen LogP contribution in [-0.2, 0) is 6.54 Å². The number of hydrogen-bond acceptors (Lipinski definition) is 9. The number of benzene rings is 2. The highest BCUT2D eigenvalue weighted by atomic mass is 16.5. The summed E-state index contributed by atoms with van der Waals surface area (Å²) in [6.45, 7) is 9.76. The van der Waals surface area contributed by atoms with Crippen molar-refractivity contribution in [2.24, 2.45) is 5.41 Å². The number of carbonyl (C=O) groups excluding carboxylic acids is 1. The van der Waals surface area contributed by atoms with Gasteiger partial charge in [-0.2, -0.15) is 15.0 Å². The van der Waals surface area contributed by atoms with Gasteiger partial charge in [0, 0.05) is 30.3 Å². The van der Waals surface area contributed by atoms with E-state index >= 15 is 0 Å². The second-order valence-electron chi connectivity index (χ2n) is 12.9. The number of nitrogens with one attached hydrogen (secondary N) is 3. The van der Waals surface area contributed by atoms with Crippen LogP contribution < -0.4 is 30.2 Å². The summed E-state index contributed by atoms with van der Waals surface area (Å²) >= 11 is 0. The quantitative estimate of drug-likeness (QED) is 0.303. The molecule has 1 aromatic heterocycles. The van der Waals surface area contributed by atoms with Crippen LogP contribution in [0.3, 0.4) is 0 Å². The minimum absolute atomic E-state index is 0.0784. The Kier molecular flexibility index (Phi) is 11.2. The molecule has 0 spiro atoms. The van der Waals surface area contributed by atoms with E-state index in [0.29, 0.717) is 61.8 Å². The molecule has 3 heterocycles. The SMILES string of the molecule is CCOc1nc2nc(n1)Nc1ccc(C(=O)NCC(C)(C)C[N+](C)(C)C)c(c1)OCCCCCCOc1ccc(cc1)CN2. The zero-order chi connectivity index (χ0) is 31.6. The van der Waals surface area contributed by atoms with Crippen LogP contribution in [0.4, 0.5) is 17.6 Å². The molecule has 238 valence electrons. The average molecular weight is 607 g/mol. The summed E-state index contributed by atoms with van der Waals surface area (Å²) in [6.07, 6.45) is 3.86. The zero-order valence-corrected chi connectivity index (χ0v) is 27.0. The standard InChI is InChI=1S/C33H47N7O4/c1-7-42-32-38-30-34-21-24-12-15-26(16-13-24)43-18-10-8-9-11-19-44-28-20-25(36-31(37-30)39-32)14-17-27(28)29(41)35-22-33(2,3)23-40(4,5)6/h12-17,20H,7-11,18-19,21-23H2,1-6H3,(H2-,34,35,36,37,38,39,41)/p+1. The van der Waals surface area contributed by atoms with Gasteiger partial charge >= 0.3 is 6.01 Å². The zero-order valence-electron chi connectivity index (χ0n) is 27.0. The van der Waals surface area contributed by atoms with E-state index < -0.39 is 0 Å². The van der Waals surface area contributed by atoms with Crippen molar-refractivity contribution >= 4 is 23.5 Å². The molecule has 3 N–H and O–H groups in total. The van der Waals surface area contributed by atoms with Crippen LogP contribution in [0, 0.1) is 5.41 Å². The highest BCUT2D eigenvalue weighted by molar-refractivity contribution is 5.97. The molecule has 0 saturated heterocycles. The lowest BCUT2D eigenvalue weighted by atomic mass is 9.92. The molecular formula is C33H48N7O4+. The largest absolute Gasteiger partial charge is 0.494 e. The number of hydrogen-bond donors (Lipinski definition) is 3. The summed E-state index contributed by atoms with van der Waals surface area (Å²) < 4.78 is 18.6. The first-order chi connectivity index (χ1) is 21.0. The van der Waals surface area contributed by atoms with Gasteiger partial charge < -0.3 is 34.6 Å². The number of amides is 1. The van der Waals surface area contributed by atoms with Crippen molar-refractivity contribution in [3.63, 3.8) is 0 Å².